The Bertz CT molecular complexity index is 882. The fourth-order valence-corrected chi connectivity index (χ4v) is 2.61. The first-order chi connectivity index (χ1) is 11.7. The van der Waals surface area contributed by atoms with Crippen molar-refractivity contribution in [3.63, 3.8) is 0 Å². The Labute approximate surface area is 141 Å². The van der Waals surface area contributed by atoms with E-state index in [1.807, 2.05) is 54.6 Å². The molecular weight excluding hydrogens is 300 g/mol. The van der Waals surface area contributed by atoms with Crippen LogP contribution in [0.15, 0.2) is 67.2 Å². The van der Waals surface area contributed by atoms with Gasteiger partial charge in [-0.3, -0.25) is 0 Å². The van der Waals surface area contributed by atoms with Crippen molar-refractivity contribution in [3.8, 4) is 5.75 Å². The van der Waals surface area contributed by atoms with Crippen LogP contribution in [0, 0.1) is 0 Å². The molecule has 0 spiro atoms. The van der Waals surface area contributed by atoms with Crippen molar-refractivity contribution in [3.05, 3.63) is 83.9 Å². The van der Waals surface area contributed by atoms with Crippen molar-refractivity contribution in [1.82, 2.24) is 0 Å². The Morgan fingerprint density at radius 3 is 2.58 bits per heavy atom. The zero-order valence-electron chi connectivity index (χ0n) is 13.5. The number of carbonyl (C=O) groups excluding carboxylic acids is 1. The van der Waals surface area contributed by atoms with Gasteiger partial charge in [0.05, 0.1) is 12.7 Å². The molecule has 0 aliphatic heterocycles. The largest absolute Gasteiger partial charge is 0.489 e. The highest BCUT2D eigenvalue weighted by Crippen LogP contribution is 2.27. The smallest absolute Gasteiger partial charge is 0.337 e. The Kier molecular flexibility index (Phi) is 4.62. The number of methoxy groups -OCH3 is 1. The fraction of sp³-hybridized carbons (Fsp3) is 0.0952. The Balaban J connectivity index is 1.94. The van der Waals surface area contributed by atoms with E-state index >= 15 is 0 Å². The van der Waals surface area contributed by atoms with E-state index in [9.17, 15) is 4.79 Å². The maximum atomic E-state index is 11.8. The minimum absolute atomic E-state index is 0.365. The molecule has 3 aromatic carbocycles. The van der Waals surface area contributed by atoms with Gasteiger partial charge < -0.3 is 9.47 Å². The summed E-state index contributed by atoms with van der Waals surface area (Å²) >= 11 is 0. The SMILES string of the molecule is C=Cc1cc(C(=O)OC)cc2cc(OCc3ccccc3)ccc12. The second-order valence-corrected chi connectivity index (χ2v) is 5.42. The van der Waals surface area contributed by atoms with E-state index in [4.69, 9.17) is 9.47 Å². The number of fused-ring (bicyclic) bond motifs is 1. The molecule has 3 nitrogen and oxygen atoms in total. The van der Waals surface area contributed by atoms with Crippen molar-refractivity contribution in [1.29, 1.82) is 0 Å². The molecule has 3 rings (SSSR count). The molecule has 0 unspecified atom stereocenters. The highest BCUT2D eigenvalue weighted by molar-refractivity contribution is 5.99. The Morgan fingerprint density at radius 1 is 1.08 bits per heavy atom. The van der Waals surface area contributed by atoms with E-state index in [1.165, 1.54) is 7.11 Å². The summed E-state index contributed by atoms with van der Waals surface area (Å²) in [5.74, 6) is 0.388. The predicted octanol–water partition coefficient (Wildman–Crippen LogP) is 4.85. The summed E-state index contributed by atoms with van der Waals surface area (Å²) < 4.78 is 10.7. The lowest BCUT2D eigenvalue weighted by molar-refractivity contribution is 0.0601. The first-order valence-corrected chi connectivity index (χ1v) is 7.66. The molecule has 0 saturated carbocycles. The minimum Gasteiger partial charge on any atom is -0.489 e. The molecule has 0 atom stereocenters. The monoisotopic (exact) mass is 318 g/mol. The number of rotatable bonds is 5. The van der Waals surface area contributed by atoms with E-state index in [1.54, 1.807) is 12.1 Å². The van der Waals surface area contributed by atoms with Gasteiger partial charge in [0.1, 0.15) is 12.4 Å². The summed E-state index contributed by atoms with van der Waals surface area (Å²) in [6, 6.07) is 19.4. The van der Waals surface area contributed by atoms with Crippen LogP contribution in [0.25, 0.3) is 16.8 Å². The summed E-state index contributed by atoms with van der Waals surface area (Å²) in [7, 11) is 1.37. The molecule has 0 heterocycles. The molecule has 0 N–H and O–H groups in total. The molecule has 0 aromatic heterocycles. The molecule has 3 heteroatoms. The first kappa shape index (κ1) is 15.8. The van der Waals surface area contributed by atoms with Gasteiger partial charge in [0.2, 0.25) is 0 Å². The van der Waals surface area contributed by atoms with Gasteiger partial charge in [0.25, 0.3) is 0 Å². The van der Waals surface area contributed by atoms with Crippen molar-refractivity contribution >= 4 is 22.8 Å². The van der Waals surface area contributed by atoms with Crippen LogP contribution in [0.4, 0.5) is 0 Å². The summed E-state index contributed by atoms with van der Waals surface area (Å²) in [4.78, 5) is 11.8. The average Bonchev–Trinajstić information content (AvgIpc) is 2.65. The van der Waals surface area contributed by atoms with Crippen molar-refractivity contribution in [2.45, 2.75) is 6.61 Å². The highest BCUT2D eigenvalue weighted by atomic mass is 16.5. The highest BCUT2D eigenvalue weighted by Gasteiger charge is 2.10. The normalized spacial score (nSPS) is 10.4. The Hall–Kier alpha value is -3.07. The molecule has 0 amide bonds. The quantitative estimate of drug-likeness (QED) is 0.631. The van der Waals surface area contributed by atoms with Gasteiger partial charge in [0, 0.05) is 0 Å². The molecule has 24 heavy (non-hydrogen) atoms. The number of carbonyl (C=O) groups is 1. The number of ether oxygens (including phenoxy) is 2. The lowest BCUT2D eigenvalue weighted by Gasteiger charge is -2.10. The third kappa shape index (κ3) is 3.30. The van der Waals surface area contributed by atoms with Crippen LogP contribution in [0.3, 0.4) is 0 Å². The molecular formula is C21H18O3. The average molecular weight is 318 g/mol. The van der Waals surface area contributed by atoms with E-state index < -0.39 is 0 Å². The standard InChI is InChI=1S/C21H18O3/c1-3-16-11-18(21(22)23-2)12-17-13-19(9-10-20(16)17)24-14-15-7-5-4-6-8-15/h3-13H,1,14H2,2H3. The van der Waals surface area contributed by atoms with Crippen molar-refractivity contribution in [2.24, 2.45) is 0 Å². The van der Waals surface area contributed by atoms with Gasteiger partial charge in [-0.1, -0.05) is 49.1 Å². The van der Waals surface area contributed by atoms with Crippen LogP contribution in [0.5, 0.6) is 5.75 Å². The first-order valence-electron chi connectivity index (χ1n) is 7.66. The van der Waals surface area contributed by atoms with Crippen molar-refractivity contribution < 1.29 is 14.3 Å². The summed E-state index contributed by atoms with van der Waals surface area (Å²) in [6.45, 7) is 4.32. The molecule has 0 aliphatic carbocycles. The molecule has 0 saturated heterocycles. The topological polar surface area (TPSA) is 35.5 Å². The molecule has 0 radical (unpaired) electrons. The van der Waals surface area contributed by atoms with Crippen LogP contribution >= 0.6 is 0 Å². The summed E-state index contributed by atoms with van der Waals surface area (Å²) in [5, 5.41) is 1.93. The number of benzene rings is 3. The summed E-state index contributed by atoms with van der Waals surface area (Å²) in [6.07, 6.45) is 1.74. The van der Waals surface area contributed by atoms with Crippen LogP contribution in [-0.2, 0) is 11.3 Å². The fourth-order valence-electron chi connectivity index (χ4n) is 2.61. The zero-order chi connectivity index (χ0) is 16.9. The van der Waals surface area contributed by atoms with Gasteiger partial charge in [-0.25, -0.2) is 4.79 Å². The molecule has 3 aromatic rings. The van der Waals surface area contributed by atoms with Crippen LogP contribution in [-0.4, -0.2) is 13.1 Å². The van der Waals surface area contributed by atoms with E-state index in [0.29, 0.717) is 12.2 Å². The van der Waals surface area contributed by atoms with E-state index in [2.05, 4.69) is 6.58 Å². The van der Waals surface area contributed by atoms with Gasteiger partial charge >= 0.3 is 5.97 Å². The lowest BCUT2D eigenvalue weighted by Crippen LogP contribution is -2.01. The second-order valence-electron chi connectivity index (χ2n) is 5.42. The van der Waals surface area contributed by atoms with Gasteiger partial charge in [0.15, 0.2) is 0 Å². The van der Waals surface area contributed by atoms with E-state index in [-0.39, 0.29) is 5.97 Å². The number of esters is 1. The van der Waals surface area contributed by atoms with Crippen LogP contribution in [0.1, 0.15) is 21.5 Å². The van der Waals surface area contributed by atoms with Gasteiger partial charge in [-0.15, -0.1) is 0 Å². The van der Waals surface area contributed by atoms with E-state index in [0.717, 1.165) is 27.6 Å². The zero-order valence-corrected chi connectivity index (χ0v) is 13.5. The molecule has 0 fully saturated rings. The van der Waals surface area contributed by atoms with Gasteiger partial charge in [-0.05, 0) is 46.2 Å². The van der Waals surface area contributed by atoms with Crippen LogP contribution in [0.2, 0.25) is 0 Å². The summed E-state index contributed by atoms with van der Waals surface area (Å²) in [5.41, 5.74) is 2.50. The Morgan fingerprint density at radius 2 is 1.88 bits per heavy atom. The third-order valence-electron chi connectivity index (χ3n) is 3.85. The van der Waals surface area contributed by atoms with Crippen molar-refractivity contribution in [2.75, 3.05) is 7.11 Å². The maximum absolute atomic E-state index is 11.8. The second kappa shape index (κ2) is 7.01. The van der Waals surface area contributed by atoms with Crippen LogP contribution < -0.4 is 4.74 Å². The third-order valence-corrected chi connectivity index (χ3v) is 3.85. The minimum atomic E-state index is -0.365. The number of hydrogen-bond donors (Lipinski definition) is 0. The molecule has 0 bridgehead atoms. The predicted molar refractivity (Wildman–Crippen MR) is 96.2 cm³/mol. The molecule has 0 aliphatic rings. The maximum Gasteiger partial charge on any atom is 0.337 e. The number of hydrogen-bond acceptors (Lipinski definition) is 3. The van der Waals surface area contributed by atoms with Gasteiger partial charge in [-0.2, -0.15) is 0 Å². The lowest BCUT2D eigenvalue weighted by atomic mass is 10.0. The molecule has 120 valence electrons.